The van der Waals surface area contributed by atoms with Gasteiger partial charge in [0, 0.05) is 6.54 Å². The van der Waals surface area contributed by atoms with Crippen molar-refractivity contribution in [2.75, 3.05) is 13.1 Å². The summed E-state index contributed by atoms with van der Waals surface area (Å²) in [4.78, 5) is 15.4. The predicted molar refractivity (Wildman–Crippen MR) is 95.9 cm³/mol. The number of nitrogens with one attached hydrogen (secondary N) is 1. The molecule has 0 radical (unpaired) electrons. The second kappa shape index (κ2) is 11.4. The van der Waals surface area contributed by atoms with Crippen LogP contribution in [0.5, 0.6) is 0 Å². The highest BCUT2D eigenvalue weighted by Crippen LogP contribution is 1.98. The highest BCUT2D eigenvalue weighted by atomic mass is 127. The van der Waals surface area contributed by atoms with E-state index in [1.54, 1.807) is 0 Å². The Morgan fingerprint density at radius 1 is 1.33 bits per heavy atom. The van der Waals surface area contributed by atoms with E-state index in [1.165, 1.54) is 5.56 Å². The summed E-state index contributed by atoms with van der Waals surface area (Å²) in [6, 6.07) is 10.1. The normalized spacial score (nSPS) is 10.9. The molecule has 0 aromatic heterocycles. The molecule has 1 aromatic carbocycles. The Morgan fingerprint density at radius 2 is 2.00 bits per heavy atom. The SMILES string of the molecule is CC(C)OC(=O)CCN=C(N)NCCc1ccccc1.I. The summed E-state index contributed by atoms with van der Waals surface area (Å²) < 4.78 is 5.00. The topological polar surface area (TPSA) is 76.7 Å². The predicted octanol–water partition coefficient (Wildman–Crippen LogP) is 2.09. The fourth-order valence-corrected chi connectivity index (χ4v) is 1.62. The first-order valence-electron chi connectivity index (χ1n) is 6.85. The van der Waals surface area contributed by atoms with Crippen LogP contribution >= 0.6 is 24.0 Å². The Hall–Kier alpha value is -1.31. The number of ether oxygens (including phenoxy) is 1. The molecule has 0 atom stereocenters. The molecule has 0 spiro atoms. The lowest BCUT2D eigenvalue weighted by Gasteiger charge is -2.07. The Labute approximate surface area is 143 Å². The van der Waals surface area contributed by atoms with Gasteiger partial charge in [0.2, 0.25) is 0 Å². The smallest absolute Gasteiger partial charge is 0.307 e. The number of hydrogen-bond acceptors (Lipinski definition) is 3. The molecule has 118 valence electrons. The zero-order chi connectivity index (χ0) is 14.8. The average molecular weight is 405 g/mol. The molecule has 0 aliphatic heterocycles. The Kier molecular flexibility index (Phi) is 10.7. The van der Waals surface area contributed by atoms with Crippen LogP contribution in [0, 0.1) is 0 Å². The molecule has 5 nitrogen and oxygen atoms in total. The third kappa shape index (κ3) is 10.1. The van der Waals surface area contributed by atoms with E-state index in [9.17, 15) is 4.79 Å². The minimum absolute atomic E-state index is 0. The highest BCUT2D eigenvalue weighted by molar-refractivity contribution is 14.0. The second-order valence-electron chi connectivity index (χ2n) is 4.72. The lowest BCUT2D eigenvalue weighted by atomic mass is 10.1. The first-order valence-corrected chi connectivity index (χ1v) is 6.85. The standard InChI is InChI=1S/C15H23N3O2.HI/c1-12(2)20-14(19)9-11-18-15(16)17-10-8-13-6-4-3-5-7-13;/h3-7,12H,8-11H2,1-2H3,(H3,16,17,18);1H. The summed E-state index contributed by atoms with van der Waals surface area (Å²) in [6.07, 6.45) is 1.04. The molecule has 21 heavy (non-hydrogen) atoms. The van der Waals surface area contributed by atoms with Gasteiger partial charge in [-0.15, -0.1) is 24.0 Å². The molecular formula is C15H24IN3O2. The van der Waals surface area contributed by atoms with Gasteiger partial charge in [-0.05, 0) is 25.8 Å². The quantitative estimate of drug-likeness (QED) is 0.315. The Bertz CT molecular complexity index is 436. The number of nitrogens with zero attached hydrogens (tertiary/aromatic N) is 1. The van der Waals surface area contributed by atoms with E-state index in [0.29, 0.717) is 12.5 Å². The number of carbonyl (C=O) groups excluding carboxylic acids is 1. The van der Waals surface area contributed by atoms with Crippen LogP contribution in [-0.2, 0) is 16.0 Å². The fourth-order valence-electron chi connectivity index (χ4n) is 1.62. The molecule has 3 N–H and O–H groups in total. The van der Waals surface area contributed by atoms with Crippen molar-refractivity contribution in [2.45, 2.75) is 32.8 Å². The summed E-state index contributed by atoms with van der Waals surface area (Å²) in [5.74, 6) is 0.110. The number of esters is 1. The van der Waals surface area contributed by atoms with Crippen LogP contribution in [0.3, 0.4) is 0 Å². The van der Waals surface area contributed by atoms with E-state index in [0.717, 1.165) is 13.0 Å². The molecule has 0 fully saturated rings. The zero-order valence-corrected chi connectivity index (χ0v) is 14.9. The van der Waals surface area contributed by atoms with E-state index in [4.69, 9.17) is 10.5 Å². The maximum Gasteiger partial charge on any atom is 0.307 e. The monoisotopic (exact) mass is 405 g/mol. The van der Waals surface area contributed by atoms with Gasteiger partial charge in [-0.25, -0.2) is 0 Å². The average Bonchev–Trinajstić information content (AvgIpc) is 2.39. The molecule has 1 rings (SSSR count). The van der Waals surface area contributed by atoms with Crippen molar-refractivity contribution < 1.29 is 9.53 Å². The van der Waals surface area contributed by atoms with Crippen LogP contribution in [0.4, 0.5) is 0 Å². The molecule has 0 saturated carbocycles. The van der Waals surface area contributed by atoms with Crippen LogP contribution in [-0.4, -0.2) is 31.1 Å². The molecule has 0 saturated heterocycles. The summed E-state index contributed by atoms with van der Waals surface area (Å²) >= 11 is 0. The summed E-state index contributed by atoms with van der Waals surface area (Å²) in [5, 5.41) is 3.02. The first kappa shape index (κ1) is 19.7. The molecule has 1 aromatic rings. The molecule has 0 aliphatic carbocycles. The lowest BCUT2D eigenvalue weighted by Crippen LogP contribution is -2.33. The summed E-state index contributed by atoms with van der Waals surface area (Å²) in [5.41, 5.74) is 6.96. The van der Waals surface area contributed by atoms with Gasteiger partial charge in [-0.1, -0.05) is 30.3 Å². The highest BCUT2D eigenvalue weighted by Gasteiger charge is 2.04. The van der Waals surface area contributed by atoms with E-state index in [1.807, 2.05) is 32.0 Å². The third-order valence-corrected chi connectivity index (χ3v) is 2.53. The number of hydrogen-bond donors (Lipinski definition) is 2. The number of aliphatic imine (C=N–C) groups is 1. The summed E-state index contributed by atoms with van der Waals surface area (Å²) in [6.45, 7) is 4.70. The molecule has 0 heterocycles. The van der Waals surface area contributed by atoms with Crippen LogP contribution in [0.2, 0.25) is 0 Å². The molecule has 0 aliphatic rings. The van der Waals surface area contributed by atoms with Gasteiger partial charge in [0.15, 0.2) is 5.96 Å². The van der Waals surface area contributed by atoms with E-state index in [2.05, 4.69) is 22.4 Å². The largest absolute Gasteiger partial charge is 0.463 e. The fraction of sp³-hybridized carbons (Fsp3) is 0.467. The first-order chi connectivity index (χ1) is 9.58. The van der Waals surface area contributed by atoms with E-state index < -0.39 is 0 Å². The number of halogens is 1. The lowest BCUT2D eigenvalue weighted by molar-refractivity contribution is -0.147. The van der Waals surface area contributed by atoms with Crippen molar-refractivity contribution in [1.82, 2.24) is 5.32 Å². The molecule has 0 unspecified atom stereocenters. The van der Waals surface area contributed by atoms with Gasteiger partial charge in [0.25, 0.3) is 0 Å². The maximum absolute atomic E-state index is 11.3. The van der Waals surface area contributed by atoms with Gasteiger partial charge in [-0.2, -0.15) is 0 Å². The van der Waals surface area contributed by atoms with Gasteiger partial charge in [-0.3, -0.25) is 9.79 Å². The van der Waals surface area contributed by atoms with Crippen molar-refractivity contribution in [2.24, 2.45) is 10.7 Å². The van der Waals surface area contributed by atoms with Gasteiger partial charge >= 0.3 is 5.97 Å². The third-order valence-electron chi connectivity index (χ3n) is 2.53. The van der Waals surface area contributed by atoms with Crippen molar-refractivity contribution in [3.8, 4) is 0 Å². The number of guanidine groups is 1. The summed E-state index contributed by atoms with van der Waals surface area (Å²) in [7, 11) is 0. The van der Waals surface area contributed by atoms with Gasteiger partial charge < -0.3 is 15.8 Å². The van der Waals surface area contributed by atoms with Crippen LogP contribution in [0.1, 0.15) is 25.8 Å². The van der Waals surface area contributed by atoms with E-state index >= 15 is 0 Å². The molecule has 0 amide bonds. The van der Waals surface area contributed by atoms with Crippen molar-refractivity contribution in [1.29, 1.82) is 0 Å². The Morgan fingerprint density at radius 3 is 2.62 bits per heavy atom. The molecule has 0 bridgehead atoms. The van der Waals surface area contributed by atoms with Crippen molar-refractivity contribution >= 4 is 35.9 Å². The van der Waals surface area contributed by atoms with Gasteiger partial charge in [0.1, 0.15) is 0 Å². The number of rotatable bonds is 7. The number of nitrogens with two attached hydrogens (primary N) is 1. The number of benzene rings is 1. The minimum atomic E-state index is -0.249. The Balaban J connectivity index is 0.00000400. The van der Waals surface area contributed by atoms with Crippen molar-refractivity contribution in [3.05, 3.63) is 35.9 Å². The maximum atomic E-state index is 11.3. The minimum Gasteiger partial charge on any atom is -0.463 e. The van der Waals surface area contributed by atoms with Crippen molar-refractivity contribution in [3.63, 3.8) is 0 Å². The molecule has 6 heteroatoms. The van der Waals surface area contributed by atoms with Crippen LogP contribution in [0.15, 0.2) is 35.3 Å². The van der Waals surface area contributed by atoms with Crippen LogP contribution < -0.4 is 11.1 Å². The second-order valence-corrected chi connectivity index (χ2v) is 4.72. The molecular weight excluding hydrogens is 381 g/mol. The van der Waals surface area contributed by atoms with Gasteiger partial charge in [0.05, 0.1) is 19.1 Å². The zero-order valence-electron chi connectivity index (χ0n) is 12.5. The van der Waals surface area contributed by atoms with E-state index in [-0.39, 0.29) is 42.5 Å². The number of carbonyl (C=O) groups is 1. The van der Waals surface area contributed by atoms with Crippen LogP contribution in [0.25, 0.3) is 0 Å².